The molecule has 10 heavy (non-hydrogen) atoms. The predicted octanol–water partition coefficient (Wildman–Crippen LogP) is 3.03. The Kier molecular flexibility index (Phi) is 3.09. The van der Waals surface area contributed by atoms with E-state index in [1.165, 1.54) is 18.6 Å². The van der Waals surface area contributed by atoms with E-state index in [1.807, 2.05) is 11.8 Å². The lowest BCUT2D eigenvalue weighted by molar-refractivity contribution is 0.160. The maximum atomic E-state index is 2.35. The summed E-state index contributed by atoms with van der Waals surface area (Å²) >= 11 is 2.00. The number of rotatable bonds is 3. The molecule has 0 aromatic heterocycles. The van der Waals surface area contributed by atoms with E-state index in [9.17, 15) is 0 Å². The summed E-state index contributed by atoms with van der Waals surface area (Å²) in [6.07, 6.45) is 5.21. The molecule has 0 bridgehead atoms. The van der Waals surface area contributed by atoms with Gasteiger partial charge in [0.05, 0.1) is 0 Å². The van der Waals surface area contributed by atoms with Crippen LogP contribution in [0.15, 0.2) is 0 Å². The Morgan fingerprint density at radius 3 is 2.40 bits per heavy atom. The SMILES string of the molecule is CSCC1CC(C(C)C)C1. The van der Waals surface area contributed by atoms with Crippen LogP contribution in [-0.4, -0.2) is 12.0 Å². The van der Waals surface area contributed by atoms with Gasteiger partial charge in [0, 0.05) is 0 Å². The van der Waals surface area contributed by atoms with Gasteiger partial charge in [0.2, 0.25) is 0 Å². The lowest BCUT2D eigenvalue weighted by Gasteiger charge is -2.37. The van der Waals surface area contributed by atoms with Crippen molar-refractivity contribution in [3.63, 3.8) is 0 Å². The largest absolute Gasteiger partial charge is 0.165 e. The summed E-state index contributed by atoms with van der Waals surface area (Å²) < 4.78 is 0. The van der Waals surface area contributed by atoms with Gasteiger partial charge in [-0.15, -0.1) is 0 Å². The van der Waals surface area contributed by atoms with Crippen LogP contribution in [0.25, 0.3) is 0 Å². The van der Waals surface area contributed by atoms with E-state index >= 15 is 0 Å². The lowest BCUT2D eigenvalue weighted by Crippen LogP contribution is -2.29. The van der Waals surface area contributed by atoms with Crippen LogP contribution in [-0.2, 0) is 0 Å². The predicted molar refractivity (Wildman–Crippen MR) is 49.4 cm³/mol. The fourth-order valence-electron chi connectivity index (χ4n) is 1.70. The van der Waals surface area contributed by atoms with E-state index in [-0.39, 0.29) is 0 Å². The smallest absolute Gasteiger partial charge is 0.00417 e. The van der Waals surface area contributed by atoms with Gasteiger partial charge < -0.3 is 0 Å². The molecule has 1 heteroatoms. The van der Waals surface area contributed by atoms with Crippen molar-refractivity contribution in [2.24, 2.45) is 17.8 Å². The molecule has 1 rings (SSSR count). The summed E-state index contributed by atoms with van der Waals surface area (Å²) in [5, 5.41) is 0. The summed E-state index contributed by atoms with van der Waals surface area (Å²) in [5.74, 6) is 4.43. The molecule has 0 radical (unpaired) electrons. The van der Waals surface area contributed by atoms with Crippen molar-refractivity contribution in [1.29, 1.82) is 0 Å². The zero-order valence-electron chi connectivity index (χ0n) is 7.26. The third kappa shape index (κ3) is 1.91. The second kappa shape index (κ2) is 3.66. The fraction of sp³-hybridized carbons (Fsp3) is 1.00. The Hall–Kier alpha value is 0.350. The van der Waals surface area contributed by atoms with Crippen molar-refractivity contribution in [3.05, 3.63) is 0 Å². The van der Waals surface area contributed by atoms with E-state index < -0.39 is 0 Å². The van der Waals surface area contributed by atoms with Crippen molar-refractivity contribution in [3.8, 4) is 0 Å². The molecule has 1 aliphatic carbocycles. The van der Waals surface area contributed by atoms with E-state index in [2.05, 4.69) is 20.1 Å². The first kappa shape index (κ1) is 8.45. The van der Waals surface area contributed by atoms with Crippen LogP contribution in [0.1, 0.15) is 26.7 Å². The molecule has 0 unspecified atom stereocenters. The van der Waals surface area contributed by atoms with Crippen molar-refractivity contribution in [1.82, 2.24) is 0 Å². The molecule has 1 fully saturated rings. The Morgan fingerprint density at radius 2 is 2.00 bits per heavy atom. The maximum Gasteiger partial charge on any atom is -0.00417 e. The van der Waals surface area contributed by atoms with E-state index in [0.717, 1.165) is 17.8 Å². The van der Waals surface area contributed by atoms with Crippen LogP contribution in [0.3, 0.4) is 0 Å². The molecule has 0 aromatic carbocycles. The molecule has 0 saturated heterocycles. The number of hydrogen-bond donors (Lipinski definition) is 0. The highest BCUT2D eigenvalue weighted by molar-refractivity contribution is 7.98. The first-order valence-electron chi connectivity index (χ1n) is 4.23. The quantitative estimate of drug-likeness (QED) is 0.608. The molecule has 0 N–H and O–H groups in total. The molecule has 1 saturated carbocycles. The number of thioether (sulfide) groups is 1. The molecule has 0 atom stereocenters. The highest BCUT2D eigenvalue weighted by atomic mass is 32.2. The minimum absolute atomic E-state index is 0.929. The molecular formula is C9H18S. The highest BCUT2D eigenvalue weighted by Gasteiger charge is 2.30. The highest BCUT2D eigenvalue weighted by Crippen LogP contribution is 2.39. The minimum atomic E-state index is 0.929. The average Bonchev–Trinajstić information content (AvgIpc) is 1.76. The third-order valence-corrected chi connectivity index (χ3v) is 3.42. The van der Waals surface area contributed by atoms with E-state index in [1.54, 1.807) is 0 Å². The summed E-state index contributed by atoms with van der Waals surface area (Å²) in [4.78, 5) is 0. The first-order valence-corrected chi connectivity index (χ1v) is 5.62. The summed E-state index contributed by atoms with van der Waals surface area (Å²) in [5.41, 5.74) is 0. The van der Waals surface area contributed by atoms with Gasteiger partial charge >= 0.3 is 0 Å². The zero-order valence-corrected chi connectivity index (χ0v) is 8.08. The van der Waals surface area contributed by atoms with Gasteiger partial charge in [-0.25, -0.2) is 0 Å². The van der Waals surface area contributed by atoms with Gasteiger partial charge in [-0.05, 0) is 42.6 Å². The fourth-order valence-corrected chi connectivity index (χ4v) is 2.45. The monoisotopic (exact) mass is 158 g/mol. The van der Waals surface area contributed by atoms with Gasteiger partial charge in [0.25, 0.3) is 0 Å². The van der Waals surface area contributed by atoms with Crippen LogP contribution >= 0.6 is 11.8 Å². The van der Waals surface area contributed by atoms with Gasteiger partial charge in [-0.1, -0.05) is 13.8 Å². The second-order valence-electron chi connectivity index (χ2n) is 3.80. The average molecular weight is 158 g/mol. The van der Waals surface area contributed by atoms with E-state index in [0.29, 0.717) is 0 Å². The molecule has 0 spiro atoms. The molecular weight excluding hydrogens is 140 g/mol. The van der Waals surface area contributed by atoms with E-state index in [4.69, 9.17) is 0 Å². The van der Waals surface area contributed by atoms with Crippen molar-refractivity contribution >= 4 is 11.8 Å². The zero-order chi connectivity index (χ0) is 7.56. The van der Waals surface area contributed by atoms with Gasteiger partial charge in [0.1, 0.15) is 0 Å². The topological polar surface area (TPSA) is 0 Å². The molecule has 0 aromatic rings. The lowest BCUT2D eigenvalue weighted by atomic mass is 9.70. The van der Waals surface area contributed by atoms with Crippen molar-refractivity contribution in [2.45, 2.75) is 26.7 Å². The van der Waals surface area contributed by atoms with Crippen LogP contribution in [0.4, 0.5) is 0 Å². The minimum Gasteiger partial charge on any atom is -0.165 e. The van der Waals surface area contributed by atoms with Crippen LogP contribution in [0.5, 0.6) is 0 Å². The van der Waals surface area contributed by atoms with Crippen molar-refractivity contribution < 1.29 is 0 Å². The molecule has 0 heterocycles. The molecule has 1 aliphatic rings. The Labute approximate surface area is 68.8 Å². The molecule has 0 aliphatic heterocycles. The van der Waals surface area contributed by atoms with Gasteiger partial charge in [0.15, 0.2) is 0 Å². The summed E-state index contributed by atoms with van der Waals surface area (Å²) in [7, 11) is 0. The second-order valence-corrected chi connectivity index (χ2v) is 4.71. The van der Waals surface area contributed by atoms with Crippen LogP contribution < -0.4 is 0 Å². The standard InChI is InChI=1S/C9H18S/c1-7(2)9-4-8(5-9)6-10-3/h7-9H,4-6H2,1-3H3. The summed E-state index contributed by atoms with van der Waals surface area (Å²) in [6.45, 7) is 4.69. The molecule has 0 nitrogen and oxygen atoms in total. The summed E-state index contributed by atoms with van der Waals surface area (Å²) in [6, 6.07) is 0. The third-order valence-electron chi connectivity index (χ3n) is 2.62. The van der Waals surface area contributed by atoms with Gasteiger partial charge in [-0.2, -0.15) is 11.8 Å². The Bertz CT molecular complexity index is 92.9. The molecule has 0 amide bonds. The van der Waals surface area contributed by atoms with Crippen molar-refractivity contribution in [2.75, 3.05) is 12.0 Å². The first-order chi connectivity index (χ1) is 4.74. The van der Waals surface area contributed by atoms with Crippen LogP contribution in [0, 0.1) is 17.8 Å². The number of hydrogen-bond acceptors (Lipinski definition) is 1. The molecule has 60 valence electrons. The Morgan fingerprint density at radius 1 is 1.40 bits per heavy atom. The maximum absolute atomic E-state index is 2.35. The van der Waals surface area contributed by atoms with Crippen LogP contribution in [0.2, 0.25) is 0 Å². The Balaban J connectivity index is 2.06. The van der Waals surface area contributed by atoms with Gasteiger partial charge in [-0.3, -0.25) is 0 Å². The normalized spacial score (nSPS) is 32.4.